The van der Waals surface area contributed by atoms with Gasteiger partial charge >= 0.3 is 0 Å². The Morgan fingerprint density at radius 1 is 1.00 bits per heavy atom. The van der Waals surface area contributed by atoms with E-state index in [1.165, 1.54) is 5.56 Å². The Morgan fingerprint density at radius 3 is 2.28 bits per heavy atom. The van der Waals surface area contributed by atoms with Gasteiger partial charge in [0.25, 0.3) is 0 Å². The zero-order chi connectivity index (χ0) is 13.0. The van der Waals surface area contributed by atoms with Gasteiger partial charge in [0.2, 0.25) is 0 Å². The van der Waals surface area contributed by atoms with Crippen molar-refractivity contribution in [2.75, 3.05) is 0 Å². The largest absolute Gasteiger partial charge is 0.387 e. The molecule has 0 saturated carbocycles. The summed E-state index contributed by atoms with van der Waals surface area (Å²) in [5.74, 6) is -0.0766. The number of benzene rings is 2. The molecule has 2 aromatic carbocycles. The number of aliphatic hydroxyl groups excluding tert-OH is 1. The van der Waals surface area contributed by atoms with E-state index in [4.69, 9.17) is 0 Å². The van der Waals surface area contributed by atoms with Crippen LogP contribution in [0.1, 0.15) is 28.7 Å². The van der Waals surface area contributed by atoms with Crippen molar-refractivity contribution in [2.24, 2.45) is 0 Å². The number of hydrogen-bond acceptors (Lipinski definition) is 1. The second kappa shape index (κ2) is 5.65. The predicted molar refractivity (Wildman–Crippen MR) is 75.5 cm³/mol. The van der Waals surface area contributed by atoms with Crippen molar-refractivity contribution < 1.29 is 5.11 Å². The maximum absolute atomic E-state index is 10.5. The van der Waals surface area contributed by atoms with Gasteiger partial charge in [-0.25, -0.2) is 0 Å². The lowest BCUT2D eigenvalue weighted by molar-refractivity contribution is 0.162. The summed E-state index contributed by atoms with van der Waals surface area (Å²) in [4.78, 5) is 0. The third-order valence-corrected chi connectivity index (χ3v) is 3.16. The minimum Gasteiger partial charge on any atom is -0.387 e. The smallest absolute Gasteiger partial charge is 0.0893 e. The lowest BCUT2D eigenvalue weighted by Gasteiger charge is -2.20. The summed E-state index contributed by atoms with van der Waals surface area (Å²) < 4.78 is 0. The molecule has 0 aliphatic rings. The number of aliphatic hydroxyl groups is 1. The van der Waals surface area contributed by atoms with Crippen LogP contribution < -0.4 is 0 Å². The molecule has 0 fully saturated rings. The highest BCUT2D eigenvalue weighted by Crippen LogP contribution is 2.31. The summed E-state index contributed by atoms with van der Waals surface area (Å²) >= 11 is 0. The van der Waals surface area contributed by atoms with Crippen LogP contribution in [-0.2, 0) is 0 Å². The molecule has 0 bridgehead atoms. The third kappa shape index (κ3) is 2.69. The monoisotopic (exact) mass is 238 g/mol. The van der Waals surface area contributed by atoms with Crippen LogP contribution in [0.15, 0.2) is 67.3 Å². The van der Waals surface area contributed by atoms with Crippen molar-refractivity contribution in [3.8, 4) is 0 Å². The van der Waals surface area contributed by atoms with Crippen LogP contribution in [0.3, 0.4) is 0 Å². The Balaban J connectivity index is 2.32. The van der Waals surface area contributed by atoms with Gasteiger partial charge in [0, 0.05) is 5.92 Å². The van der Waals surface area contributed by atoms with Crippen LogP contribution in [0.4, 0.5) is 0 Å². The molecule has 0 radical (unpaired) electrons. The maximum atomic E-state index is 10.5. The number of hydrogen-bond donors (Lipinski definition) is 1. The first-order valence-electron chi connectivity index (χ1n) is 6.14. The summed E-state index contributed by atoms with van der Waals surface area (Å²) in [5, 5.41) is 10.5. The van der Waals surface area contributed by atoms with Crippen LogP contribution in [-0.4, -0.2) is 5.11 Å². The molecule has 2 rings (SSSR count). The molecule has 0 spiro atoms. The van der Waals surface area contributed by atoms with Gasteiger partial charge in [-0.15, -0.1) is 6.58 Å². The van der Waals surface area contributed by atoms with Crippen LogP contribution in [0.25, 0.3) is 0 Å². The van der Waals surface area contributed by atoms with Gasteiger partial charge in [0.15, 0.2) is 0 Å². The average molecular weight is 238 g/mol. The molecule has 0 heterocycles. The van der Waals surface area contributed by atoms with E-state index in [9.17, 15) is 5.11 Å². The Hall–Kier alpha value is -1.86. The molecule has 0 saturated heterocycles. The molecule has 92 valence electrons. The van der Waals surface area contributed by atoms with Crippen molar-refractivity contribution >= 4 is 0 Å². The van der Waals surface area contributed by atoms with Gasteiger partial charge in [-0.2, -0.15) is 0 Å². The molecule has 1 heteroatoms. The molecular formula is C17H18O. The quantitative estimate of drug-likeness (QED) is 0.798. The van der Waals surface area contributed by atoms with Crippen molar-refractivity contribution in [1.29, 1.82) is 0 Å². The summed E-state index contributed by atoms with van der Waals surface area (Å²) in [7, 11) is 0. The van der Waals surface area contributed by atoms with E-state index in [1.807, 2.05) is 48.5 Å². The normalized spacial score (nSPS) is 13.9. The summed E-state index contributed by atoms with van der Waals surface area (Å²) in [5.41, 5.74) is 3.21. The second-order valence-corrected chi connectivity index (χ2v) is 4.53. The Labute approximate surface area is 108 Å². The predicted octanol–water partition coefficient (Wildman–Crippen LogP) is 4.00. The molecule has 0 amide bonds. The zero-order valence-electron chi connectivity index (χ0n) is 10.6. The van der Waals surface area contributed by atoms with Crippen LogP contribution in [0, 0.1) is 6.92 Å². The van der Waals surface area contributed by atoms with Crippen molar-refractivity contribution in [3.63, 3.8) is 0 Å². The first kappa shape index (κ1) is 12.6. The fourth-order valence-corrected chi connectivity index (χ4v) is 2.18. The molecule has 0 aliphatic carbocycles. The van der Waals surface area contributed by atoms with Gasteiger partial charge in [-0.05, 0) is 18.1 Å². The van der Waals surface area contributed by atoms with Gasteiger partial charge < -0.3 is 5.11 Å². The minimum atomic E-state index is -0.550. The van der Waals surface area contributed by atoms with Crippen molar-refractivity contribution in [3.05, 3.63) is 83.9 Å². The lowest BCUT2D eigenvalue weighted by atomic mass is 9.88. The number of aryl methyl sites for hydroxylation is 1. The molecule has 0 aliphatic heterocycles. The van der Waals surface area contributed by atoms with Gasteiger partial charge in [0.1, 0.15) is 0 Å². The molecule has 18 heavy (non-hydrogen) atoms. The summed E-state index contributed by atoms with van der Waals surface area (Å²) in [6.07, 6.45) is 1.26. The summed E-state index contributed by atoms with van der Waals surface area (Å²) in [6, 6.07) is 17.9. The molecule has 2 atom stereocenters. The SMILES string of the molecule is C=C[C@@H](c1cccc(C)c1)[C@@H](O)c1ccccc1. The molecule has 2 aromatic rings. The van der Waals surface area contributed by atoms with Crippen LogP contribution in [0.5, 0.6) is 0 Å². The van der Waals surface area contributed by atoms with E-state index in [2.05, 4.69) is 25.6 Å². The highest BCUT2D eigenvalue weighted by molar-refractivity contribution is 5.32. The van der Waals surface area contributed by atoms with Gasteiger partial charge in [-0.1, -0.05) is 66.2 Å². The topological polar surface area (TPSA) is 20.2 Å². The molecular weight excluding hydrogens is 220 g/mol. The minimum absolute atomic E-state index is 0.0766. The average Bonchev–Trinajstić information content (AvgIpc) is 2.40. The van der Waals surface area contributed by atoms with E-state index in [1.54, 1.807) is 0 Å². The Kier molecular flexibility index (Phi) is 3.96. The third-order valence-electron chi connectivity index (χ3n) is 3.16. The standard InChI is InChI=1S/C17H18O/c1-3-16(15-11-7-8-13(2)12-15)17(18)14-9-5-4-6-10-14/h3-12,16-18H,1H2,2H3/t16-,17-/m0/s1. The van der Waals surface area contributed by atoms with E-state index >= 15 is 0 Å². The van der Waals surface area contributed by atoms with E-state index in [-0.39, 0.29) is 5.92 Å². The molecule has 0 aromatic heterocycles. The van der Waals surface area contributed by atoms with Crippen molar-refractivity contribution in [2.45, 2.75) is 18.9 Å². The van der Waals surface area contributed by atoms with E-state index in [0.717, 1.165) is 11.1 Å². The second-order valence-electron chi connectivity index (χ2n) is 4.53. The van der Waals surface area contributed by atoms with E-state index < -0.39 is 6.10 Å². The summed E-state index contributed by atoms with van der Waals surface area (Å²) in [6.45, 7) is 5.91. The van der Waals surface area contributed by atoms with E-state index in [0.29, 0.717) is 0 Å². The lowest BCUT2D eigenvalue weighted by Crippen LogP contribution is -2.08. The first-order valence-corrected chi connectivity index (χ1v) is 6.14. The molecule has 0 unspecified atom stereocenters. The van der Waals surface area contributed by atoms with Crippen LogP contribution >= 0.6 is 0 Å². The van der Waals surface area contributed by atoms with Gasteiger partial charge in [0.05, 0.1) is 6.10 Å². The van der Waals surface area contributed by atoms with Crippen LogP contribution in [0.2, 0.25) is 0 Å². The fourth-order valence-electron chi connectivity index (χ4n) is 2.18. The Bertz CT molecular complexity index is 516. The number of rotatable bonds is 4. The first-order chi connectivity index (χ1) is 8.72. The Morgan fingerprint density at radius 2 is 1.67 bits per heavy atom. The van der Waals surface area contributed by atoms with Crippen molar-refractivity contribution in [1.82, 2.24) is 0 Å². The highest BCUT2D eigenvalue weighted by atomic mass is 16.3. The fraction of sp³-hybridized carbons (Fsp3) is 0.176. The van der Waals surface area contributed by atoms with Gasteiger partial charge in [-0.3, -0.25) is 0 Å². The molecule has 1 nitrogen and oxygen atoms in total. The maximum Gasteiger partial charge on any atom is 0.0893 e. The highest BCUT2D eigenvalue weighted by Gasteiger charge is 2.19. The zero-order valence-corrected chi connectivity index (χ0v) is 10.6. The molecule has 1 N–H and O–H groups in total.